The predicted octanol–water partition coefficient (Wildman–Crippen LogP) is 2.65. The molecule has 1 aromatic heterocycles. The van der Waals surface area contributed by atoms with Gasteiger partial charge in [-0.3, -0.25) is 4.79 Å². The molecule has 0 amide bonds. The summed E-state index contributed by atoms with van der Waals surface area (Å²) in [5.74, 6) is -0.157. The summed E-state index contributed by atoms with van der Waals surface area (Å²) in [6, 6.07) is 14.9. The number of carboxylic acids is 1. The minimum absolute atomic E-state index is 0.300. The molecule has 0 fully saturated rings. The lowest BCUT2D eigenvalue weighted by molar-refractivity contribution is -0.138. The predicted molar refractivity (Wildman–Crippen MR) is 93.3 cm³/mol. The largest absolute Gasteiger partial charge is 0.496 e. The SMILES string of the molecule is COc1ccccc1Cn1cc(C[C@H](N)C(=O)O)c2ccccc21. The first-order valence-electron chi connectivity index (χ1n) is 7.77. The highest BCUT2D eigenvalue weighted by Crippen LogP contribution is 2.26. The molecule has 5 nitrogen and oxygen atoms in total. The van der Waals surface area contributed by atoms with Crippen molar-refractivity contribution in [3.8, 4) is 5.75 Å². The summed E-state index contributed by atoms with van der Waals surface area (Å²) in [6.45, 7) is 0.646. The monoisotopic (exact) mass is 324 g/mol. The van der Waals surface area contributed by atoms with Gasteiger partial charge in [0.1, 0.15) is 11.8 Å². The number of methoxy groups -OCH3 is 1. The zero-order chi connectivity index (χ0) is 17.1. The number of aromatic nitrogens is 1. The van der Waals surface area contributed by atoms with E-state index in [0.29, 0.717) is 13.0 Å². The Morgan fingerprint density at radius 1 is 1.17 bits per heavy atom. The second-order valence-electron chi connectivity index (χ2n) is 5.76. The highest BCUT2D eigenvalue weighted by molar-refractivity contribution is 5.85. The van der Waals surface area contributed by atoms with Crippen LogP contribution in [-0.4, -0.2) is 28.8 Å². The highest BCUT2D eigenvalue weighted by Gasteiger charge is 2.16. The van der Waals surface area contributed by atoms with Crippen molar-refractivity contribution >= 4 is 16.9 Å². The summed E-state index contributed by atoms with van der Waals surface area (Å²) in [6.07, 6.45) is 2.29. The number of fused-ring (bicyclic) bond motifs is 1. The zero-order valence-corrected chi connectivity index (χ0v) is 13.5. The van der Waals surface area contributed by atoms with Crippen molar-refractivity contribution in [3.05, 3.63) is 65.9 Å². The van der Waals surface area contributed by atoms with Crippen LogP contribution in [0, 0.1) is 0 Å². The summed E-state index contributed by atoms with van der Waals surface area (Å²) in [5, 5.41) is 10.1. The van der Waals surface area contributed by atoms with E-state index >= 15 is 0 Å². The summed E-state index contributed by atoms with van der Waals surface area (Å²) in [5.41, 5.74) is 8.77. The van der Waals surface area contributed by atoms with Crippen LogP contribution < -0.4 is 10.5 Å². The molecule has 0 saturated carbocycles. The highest BCUT2D eigenvalue weighted by atomic mass is 16.5. The first-order chi connectivity index (χ1) is 11.6. The Hall–Kier alpha value is -2.79. The van der Waals surface area contributed by atoms with Crippen molar-refractivity contribution in [2.75, 3.05) is 7.11 Å². The van der Waals surface area contributed by atoms with Gasteiger partial charge in [-0.2, -0.15) is 0 Å². The molecule has 3 rings (SSSR count). The van der Waals surface area contributed by atoms with Crippen LogP contribution in [0.25, 0.3) is 10.9 Å². The van der Waals surface area contributed by atoms with Crippen molar-refractivity contribution in [1.82, 2.24) is 4.57 Å². The summed E-state index contributed by atoms with van der Waals surface area (Å²) >= 11 is 0. The van der Waals surface area contributed by atoms with E-state index in [1.807, 2.05) is 54.7 Å². The Morgan fingerprint density at radius 3 is 2.62 bits per heavy atom. The maximum Gasteiger partial charge on any atom is 0.320 e. The molecule has 0 aliphatic rings. The second kappa shape index (κ2) is 6.76. The van der Waals surface area contributed by atoms with E-state index in [1.54, 1.807) is 7.11 Å². The fourth-order valence-corrected chi connectivity index (χ4v) is 2.96. The van der Waals surface area contributed by atoms with E-state index in [2.05, 4.69) is 4.57 Å². The van der Waals surface area contributed by atoms with E-state index < -0.39 is 12.0 Å². The fourth-order valence-electron chi connectivity index (χ4n) is 2.96. The number of nitrogens with zero attached hydrogens (tertiary/aromatic N) is 1. The van der Waals surface area contributed by atoms with Gasteiger partial charge in [-0.05, 0) is 17.7 Å². The topological polar surface area (TPSA) is 77.5 Å². The Kier molecular flexibility index (Phi) is 4.53. The number of hydrogen-bond acceptors (Lipinski definition) is 3. The molecule has 1 heterocycles. The Labute approximate surface area is 140 Å². The number of aliphatic carboxylic acids is 1. The van der Waals surface area contributed by atoms with Crippen LogP contribution in [-0.2, 0) is 17.8 Å². The lowest BCUT2D eigenvalue weighted by Gasteiger charge is -2.10. The molecule has 0 bridgehead atoms. The lowest BCUT2D eigenvalue weighted by Crippen LogP contribution is -2.32. The molecule has 0 aliphatic heterocycles. The van der Waals surface area contributed by atoms with Crippen LogP contribution >= 0.6 is 0 Å². The summed E-state index contributed by atoms with van der Waals surface area (Å²) < 4.78 is 7.53. The van der Waals surface area contributed by atoms with E-state index in [0.717, 1.165) is 27.8 Å². The number of hydrogen-bond donors (Lipinski definition) is 2. The van der Waals surface area contributed by atoms with Crippen LogP contribution in [0.5, 0.6) is 5.75 Å². The van der Waals surface area contributed by atoms with E-state index in [1.165, 1.54) is 0 Å². The number of nitrogens with two attached hydrogens (primary N) is 1. The van der Waals surface area contributed by atoms with Crippen LogP contribution in [0.2, 0.25) is 0 Å². The Morgan fingerprint density at radius 2 is 1.88 bits per heavy atom. The molecular weight excluding hydrogens is 304 g/mol. The average Bonchev–Trinajstić information content (AvgIpc) is 2.93. The molecule has 5 heteroatoms. The van der Waals surface area contributed by atoms with Crippen molar-refractivity contribution in [3.63, 3.8) is 0 Å². The normalized spacial score (nSPS) is 12.2. The molecule has 3 aromatic rings. The van der Waals surface area contributed by atoms with E-state index in [9.17, 15) is 4.79 Å². The minimum Gasteiger partial charge on any atom is -0.496 e. The van der Waals surface area contributed by atoms with Gasteiger partial charge in [-0.1, -0.05) is 36.4 Å². The van der Waals surface area contributed by atoms with Crippen molar-refractivity contribution in [2.24, 2.45) is 5.73 Å². The molecular formula is C19H20N2O3. The standard InChI is InChI=1S/C19H20N2O3/c1-24-18-9-5-2-6-13(18)11-21-12-14(10-16(20)19(22)23)15-7-3-4-8-17(15)21/h2-9,12,16H,10-11,20H2,1H3,(H,22,23)/t16-/m0/s1. The lowest BCUT2D eigenvalue weighted by atomic mass is 10.1. The van der Waals surface area contributed by atoms with Crippen molar-refractivity contribution < 1.29 is 14.6 Å². The minimum atomic E-state index is -0.989. The first-order valence-corrected chi connectivity index (χ1v) is 7.77. The molecule has 0 saturated heterocycles. The second-order valence-corrected chi connectivity index (χ2v) is 5.76. The molecule has 1 atom stereocenters. The maximum absolute atomic E-state index is 11.1. The van der Waals surface area contributed by atoms with Gasteiger partial charge in [0, 0.05) is 29.1 Å². The van der Waals surface area contributed by atoms with E-state index in [4.69, 9.17) is 15.6 Å². The third-order valence-electron chi connectivity index (χ3n) is 4.16. The third-order valence-corrected chi connectivity index (χ3v) is 4.16. The number of benzene rings is 2. The van der Waals surface area contributed by atoms with Crippen molar-refractivity contribution in [2.45, 2.75) is 19.0 Å². The van der Waals surface area contributed by atoms with Crippen LogP contribution in [0.3, 0.4) is 0 Å². The molecule has 2 aromatic carbocycles. The van der Waals surface area contributed by atoms with Gasteiger partial charge in [-0.25, -0.2) is 0 Å². The van der Waals surface area contributed by atoms with E-state index in [-0.39, 0.29) is 0 Å². The van der Waals surface area contributed by atoms with Gasteiger partial charge in [0.2, 0.25) is 0 Å². The number of para-hydroxylation sites is 2. The van der Waals surface area contributed by atoms with Gasteiger partial charge < -0.3 is 20.1 Å². The molecule has 0 spiro atoms. The van der Waals surface area contributed by atoms with Gasteiger partial charge in [0.15, 0.2) is 0 Å². The van der Waals surface area contributed by atoms with Crippen LogP contribution in [0.1, 0.15) is 11.1 Å². The fraction of sp³-hybridized carbons (Fsp3) is 0.211. The van der Waals surface area contributed by atoms with Gasteiger partial charge in [0.05, 0.1) is 13.7 Å². The molecule has 3 N–H and O–H groups in total. The summed E-state index contributed by atoms with van der Waals surface area (Å²) in [4.78, 5) is 11.1. The zero-order valence-electron chi connectivity index (χ0n) is 13.5. The number of rotatable bonds is 6. The molecule has 0 unspecified atom stereocenters. The van der Waals surface area contributed by atoms with Gasteiger partial charge in [-0.15, -0.1) is 0 Å². The van der Waals surface area contributed by atoms with Gasteiger partial charge in [0.25, 0.3) is 0 Å². The number of carboxylic acid groups (broad SMARTS) is 1. The third kappa shape index (κ3) is 3.12. The smallest absolute Gasteiger partial charge is 0.320 e. The van der Waals surface area contributed by atoms with Crippen LogP contribution in [0.15, 0.2) is 54.7 Å². The number of ether oxygens (including phenoxy) is 1. The quantitative estimate of drug-likeness (QED) is 0.731. The Bertz CT molecular complexity index is 870. The molecule has 24 heavy (non-hydrogen) atoms. The van der Waals surface area contributed by atoms with Crippen molar-refractivity contribution in [1.29, 1.82) is 0 Å². The molecule has 124 valence electrons. The number of carbonyl (C=O) groups is 1. The first kappa shape index (κ1) is 16.1. The van der Waals surface area contributed by atoms with Crippen LogP contribution in [0.4, 0.5) is 0 Å². The van der Waals surface area contributed by atoms with Gasteiger partial charge >= 0.3 is 5.97 Å². The Balaban J connectivity index is 2.01. The maximum atomic E-state index is 11.1. The summed E-state index contributed by atoms with van der Waals surface area (Å²) in [7, 11) is 1.66. The molecule has 0 aliphatic carbocycles. The molecule has 0 radical (unpaired) electrons. The average molecular weight is 324 g/mol.